The molecule has 198 valence electrons. The van der Waals surface area contributed by atoms with Gasteiger partial charge in [-0.2, -0.15) is 0 Å². The first-order valence-electron chi connectivity index (χ1n) is 13.8. The number of aromatic nitrogens is 1. The molecule has 3 aliphatic heterocycles. The molecule has 0 spiro atoms. The Labute approximate surface area is 218 Å². The summed E-state index contributed by atoms with van der Waals surface area (Å²) in [4.78, 5) is 32.2. The van der Waals surface area contributed by atoms with E-state index in [1.807, 2.05) is 18.2 Å². The van der Waals surface area contributed by atoms with Crippen LogP contribution in [0.25, 0.3) is 0 Å². The zero-order chi connectivity index (χ0) is 25.6. The highest BCUT2D eigenvalue weighted by molar-refractivity contribution is 5.80. The predicted octanol–water partition coefficient (Wildman–Crippen LogP) is 3.74. The van der Waals surface area contributed by atoms with Crippen LogP contribution < -0.4 is 15.4 Å². The number of likely N-dealkylation sites (tertiary alicyclic amines) is 1. The molecule has 0 saturated carbocycles. The summed E-state index contributed by atoms with van der Waals surface area (Å²) in [7, 11) is 0. The van der Waals surface area contributed by atoms with E-state index in [2.05, 4.69) is 27.7 Å². The fraction of sp³-hybridized carbons (Fsp3) is 0.552. The van der Waals surface area contributed by atoms with Gasteiger partial charge in [0.2, 0.25) is 5.91 Å². The Hall–Kier alpha value is -3.13. The van der Waals surface area contributed by atoms with Crippen LogP contribution in [0.15, 0.2) is 30.3 Å². The number of anilines is 1. The number of aliphatic carboxylic acids is 1. The number of carbonyl (C=O) groups is 2. The van der Waals surface area contributed by atoms with Crippen molar-refractivity contribution in [3.05, 3.63) is 52.7 Å². The quantitative estimate of drug-likeness (QED) is 0.476. The van der Waals surface area contributed by atoms with Crippen molar-refractivity contribution in [3.8, 4) is 5.75 Å². The Kier molecular flexibility index (Phi) is 8.24. The van der Waals surface area contributed by atoms with Gasteiger partial charge in [-0.05, 0) is 93.3 Å². The van der Waals surface area contributed by atoms with Gasteiger partial charge >= 0.3 is 5.97 Å². The van der Waals surface area contributed by atoms with Crippen molar-refractivity contribution in [1.29, 1.82) is 0 Å². The van der Waals surface area contributed by atoms with E-state index in [4.69, 9.17) is 9.72 Å². The van der Waals surface area contributed by atoms with Gasteiger partial charge < -0.3 is 25.4 Å². The summed E-state index contributed by atoms with van der Waals surface area (Å²) in [5, 5.41) is 16.1. The standard InChI is InChI=1S/C29H38N4O4/c34-27(35)18-25(23-9-1-11-26-24(23)10-5-17-37-26)32-29(36)21-7-3-15-33(19-21)16-4-8-22-13-12-20-6-2-14-30-28(20)31-22/h1,9,11-13,21,25H,2-8,10,14-19H2,(H,30,31)(H,32,36)(H,34,35)/t21-,25-/m1/s1. The number of nitrogens with one attached hydrogen (secondary N) is 2. The van der Waals surface area contributed by atoms with Crippen LogP contribution in [-0.4, -0.2) is 59.7 Å². The van der Waals surface area contributed by atoms with Gasteiger partial charge in [0.25, 0.3) is 0 Å². The number of amides is 1. The van der Waals surface area contributed by atoms with Gasteiger partial charge in [-0.1, -0.05) is 18.2 Å². The minimum absolute atomic E-state index is 0.0484. The molecule has 1 amide bonds. The van der Waals surface area contributed by atoms with Crippen LogP contribution in [-0.2, 0) is 28.9 Å². The third-order valence-corrected chi connectivity index (χ3v) is 7.80. The third kappa shape index (κ3) is 6.42. The summed E-state index contributed by atoms with van der Waals surface area (Å²) in [5.41, 5.74) is 4.32. The molecular weight excluding hydrogens is 468 g/mol. The summed E-state index contributed by atoms with van der Waals surface area (Å²) >= 11 is 0. The molecule has 0 unspecified atom stereocenters. The Morgan fingerprint density at radius 2 is 2.11 bits per heavy atom. The van der Waals surface area contributed by atoms with Crippen molar-refractivity contribution < 1.29 is 19.4 Å². The van der Waals surface area contributed by atoms with Gasteiger partial charge in [0.05, 0.1) is 25.0 Å². The number of hydrogen-bond acceptors (Lipinski definition) is 6. The van der Waals surface area contributed by atoms with Gasteiger partial charge in [-0.25, -0.2) is 4.98 Å². The zero-order valence-electron chi connectivity index (χ0n) is 21.5. The maximum absolute atomic E-state index is 13.3. The number of benzene rings is 1. The molecule has 3 N–H and O–H groups in total. The van der Waals surface area contributed by atoms with Gasteiger partial charge in [0.15, 0.2) is 0 Å². The number of carboxylic acids is 1. The number of nitrogens with zero attached hydrogens (tertiary/aromatic N) is 2. The van der Waals surface area contributed by atoms with E-state index >= 15 is 0 Å². The largest absolute Gasteiger partial charge is 0.493 e. The smallest absolute Gasteiger partial charge is 0.305 e. The van der Waals surface area contributed by atoms with Crippen LogP contribution in [0.4, 0.5) is 5.82 Å². The molecule has 3 aliphatic rings. The number of ether oxygens (including phenoxy) is 1. The van der Waals surface area contributed by atoms with Crippen LogP contribution >= 0.6 is 0 Å². The molecule has 8 heteroatoms. The summed E-state index contributed by atoms with van der Waals surface area (Å²) in [6.07, 6.45) is 7.57. The van der Waals surface area contributed by atoms with Gasteiger partial charge in [0, 0.05) is 18.8 Å². The number of hydrogen-bond donors (Lipinski definition) is 3. The van der Waals surface area contributed by atoms with Crippen LogP contribution in [0.5, 0.6) is 5.75 Å². The molecule has 0 bridgehead atoms. The zero-order valence-corrected chi connectivity index (χ0v) is 21.5. The second-order valence-electron chi connectivity index (χ2n) is 10.5. The molecule has 0 radical (unpaired) electrons. The highest BCUT2D eigenvalue weighted by atomic mass is 16.5. The molecule has 2 atom stereocenters. The molecule has 5 rings (SSSR count). The Morgan fingerprint density at radius 3 is 3.00 bits per heavy atom. The molecule has 8 nitrogen and oxygen atoms in total. The number of rotatable bonds is 9. The number of fused-ring (bicyclic) bond motifs is 2. The number of pyridine rings is 1. The van der Waals surface area contributed by atoms with Crippen molar-refractivity contribution in [2.75, 3.05) is 38.1 Å². The summed E-state index contributed by atoms with van der Waals surface area (Å²) in [5.74, 6) is 0.748. The second-order valence-corrected chi connectivity index (χ2v) is 10.5. The minimum Gasteiger partial charge on any atom is -0.493 e. The van der Waals surface area contributed by atoms with Crippen LogP contribution in [0.2, 0.25) is 0 Å². The van der Waals surface area contributed by atoms with Crippen LogP contribution in [0.1, 0.15) is 67.0 Å². The number of piperidine rings is 1. The normalized spacial score (nSPS) is 20.1. The first-order valence-corrected chi connectivity index (χ1v) is 13.8. The van der Waals surface area contributed by atoms with Gasteiger partial charge in [-0.15, -0.1) is 0 Å². The summed E-state index contributed by atoms with van der Waals surface area (Å²) < 4.78 is 5.78. The predicted molar refractivity (Wildman–Crippen MR) is 142 cm³/mol. The maximum Gasteiger partial charge on any atom is 0.305 e. The van der Waals surface area contributed by atoms with E-state index < -0.39 is 12.0 Å². The van der Waals surface area contributed by atoms with Crippen LogP contribution in [0, 0.1) is 5.92 Å². The molecule has 1 aromatic carbocycles. The Balaban J connectivity index is 1.17. The van der Waals surface area contributed by atoms with E-state index in [1.54, 1.807) is 0 Å². The molecule has 1 saturated heterocycles. The SMILES string of the molecule is O=C(O)C[C@@H](NC(=O)[C@@H]1CCCN(CCCc2ccc3c(n2)NCCC3)C1)c1cccc2c1CCCO2. The lowest BCUT2D eigenvalue weighted by atomic mass is 9.91. The topological polar surface area (TPSA) is 104 Å². The van der Waals surface area contributed by atoms with Gasteiger partial charge in [0.1, 0.15) is 11.6 Å². The van der Waals surface area contributed by atoms with E-state index in [-0.39, 0.29) is 18.2 Å². The van der Waals surface area contributed by atoms with Gasteiger partial charge in [-0.3, -0.25) is 9.59 Å². The second kappa shape index (κ2) is 11.9. The lowest BCUT2D eigenvalue weighted by Crippen LogP contribution is -2.44. The van der Waals surface area contributed by atoms with E-state index in [9.17, 15) is 14.7 Å². The number of carboxylic acid groups (broad SMARTS) is 1. The van der Waals surface area contributed by atoms with Crippen molar-refractivity contribution in [3.63, 3.8) is 0 Å². The first kappa shape index (κ1) is 25.5. The lowest BCUT2D eigenvalue weighted by molar-refractivity contribution is -0.138. The molecule has 0 aliphatic carbocycles. The van der Waals surface area contributed by atoms with Crippen molar-refractivity contribution in [2.45, 2.75) is 63.8 Å². The first-order chi connectivity index (χ1) is 18.1. The van der Waals surface area contributed by atoms with Crippen molar-refractivity contribution in [1.82, 2.24) is 15.2 Å². The summed E-state index contributed by atoms with van der Waals surface area (Å²) in [6, 6.07) is 9.53. The highest BCUT2D eigenvalue weighted by Crippen LogP contribution is 2.33. The molecule has 37 heavy (non-hydrogen) atoms. The molecule has 1 aromatic heterocycles. The lowest BCUT2D eigenvalue weighted by Gasteiger charge is -2.33. The van der Waals surface area contributed by atoms with Crippen molar-refractivity contribution in [2.24, 2.45) is 5.92 Å². The highest BCUT2D eigenvalue weighted by Gasteiger charge is 2.30. The van der Waals surface area contributed by atoms with E-state index in [1.165, 1.54) is 5.56 Å². The van der Waals surface area contributed by atoms with E-state index in [0.29, 0.717) is 13.2 Å². The average molecular weight is 507 g/mol. The monoisotopic (exact) mass is 506 g/mol. The Morgan fingerprint density at radius 1 is 1.19 bits per heavy atom. The van der Waals surface area contributed by atoms with Crippen molar-refractivity contribution >= 4 is 17.7 Å². The fourth-order valence-corrected chi connectivity index (χ4v) is 5.91. The minimum atomic E-state index is -0.920. The molecule has 1 fully saturated rings. The molecule has 4 heterocycles. The Bertz CT molecular complexity index is 1120. The van der Waals surface area contributed by atoms with Crippen LogP contribution in [0.3, 0.4) is 0 Å². The number of aryl methyl sites for hydroxylation is 2. The fourth-order valence-electron chi connectivity index (χ4n) is 5.91. The average Bonchev–Trinajstić information content (AvgIpc) is 2.92. The van der Waals surface area contributed by atoms with E-state index in [0.717, 1.165) is 99.4 Å². The summed E-state index contributed by atoms with van der Waals surface area (Å²) in [6.45, 7) is 4.29. The number of carbonyl (C=O) groups excluding carboxylic acids is 1. The maximum atomic E-state index is 13.3. The molecular formula is C29H38N4O4. The molecule has 2 aromatic rings. The third-order valence-electron chi connectivity index (χ3n) is 7.80.